The van der Waals surface area contributed by atoms with Crippen molar-refractivity contribution >= 4 is 29.1 Å². The second-order valence-electron chi connectivity index (χ2n) is 5.73. The number of alkyl halides is 3. The molecule has 1 aromatic heterocycles. The molecule has 2 N–H and O–H groups in total. The maximum atomic E-state index is 12.5. The number of nitrogens with zero attached hydrogens (tertiary/aromatic N) is 2. The Balaban J connectivity index is 1.77. The Morgan fingerprint density at radius 2 is 2.12 bits per heavy atom. The number of aliphatic imine (C=N–C) groups is 1. The quantitative estimate of drug-likeness (QED) is 0.572. The first-order valence-electron chi connectivity index (χ1n) is 7.97. The number of thioether (sulfide) groups is 1. The fourth-order valence-corrected chi connectivity index (χ4v) is 4.10. The Hall–Kier alpha value is -1.00. The molecule has 1 aliphatic heterocycles. The van der Waals surface area contributed by atoms with Crippen molar-refractivity contribution in [2.24, 2.45) is 4.99 Å². The lowest BCUT2D eigenvalue weighted by Crippen LogP contribution is -2.48. The van der Waals surface area contributed by atoms with Crippen LogP contribution in [0.15, 0.2) is 10.4 Å². The zero-order chi connectivity index (χ0) is 18.3. The van der Waals surface area contributed by atoms with Crippen molar-refractivity contribution < 1.29 is 17.9 Å². The highest BCUT2D eigenvalue weighted by Crippen LogP contribution is 2.33. The van der Waals surface area contributed by atoms with E-state index in [1.165, 1.54) is 0 Å². The van der Waals surface area contributed by atoms with Gasteiger partial charge in [-0.05, 0) is 19.1 Å². The van der Waals surface area contributed by atoms with Gasteiger partial charge in [-0.15, -0.1) is 11.3 Å². The van der Waals surface area contributed by atoms with Gasteiger partial charge in [0.2, 0.25) is 0 Å². The molecule has 25 heavy (non-hydrogen) atoms. The predicted molar refractivity (Wildman–Crippen MR) is 96.5 cm³/mol. The summed E-state index contributed by atoms with van der Waals surface area (Å²) in [6.45, 7) is 2.77. The summed E-state index contributed by atoms with van der Waals surface area (Å²) in [5.74, 6) is 0.646. The molecule has 142 valence electrons. The fraction of sp³-hybridized carbons (Fsp3) is 0.733. The number of halogens is 3. The Labute approximate surface area is 153 Å². The summed E-state index contributed by atoms with van der Waals surface area (Å²) in [6.07, 6.45) is 0.109. The van der Waals surface area contributed by atoms with Gasteiger partial charge in [-0.2, -0.15) is 24.9 Å². The molecule has 2 heterocycles. The Bertz CT molecular complexity index is 571. The summed E-state index contributed by atoms with van der Waals surface area (Å²) in [7, 11) is 1.68. The highest BCUT2D eigenvalue weighted by molar-refractivity contribution is 8.00. The van der Waals surface area contributed by atoms with Crippen LogP contribution in [0, 0.1) is 0 Å². The van der Waals surface area contributed by atoms with E-state index in [0.29, 0.717) is 23.9 Å². The standard InChI is InChI=1S/C15H23F3N4OS2/c1-19-13(21-10-14(24-2)4-7-23-8-5-14)20-6-3-12-22-11(9-25-12)15(16,17)18/h9H,3-8,10H2,1-2H3,(H2,19,20,21). The molecule has 0 unspecified atom stereocenters. The molecule has 2 rings (SSSR count). The van der Waals surface area contributed by atoms with Crippen molar-refractivity contribution in [2.75, 3.05) is 39.6 Å². The maximum absolute atomic E-state index is 12.5. The molecule has 0 atom stereocenters. The van der Waals surface area contributed by atoms with Crippen LogP contribution in [-0.4, -0.2) is 55.3 Å². The molecule has 1 aromatic rings. The summed E-state index contributed by atoms with van der Waals surface area (Å²) in [5.41, 5.74) is -0.823. The SMILES string of the molecule is CN=C(NCCc1nc(C(F)(F)F)cs1)NCC1(SC)CCOCC1. The van der Waals surface area contributed by atoms with Crippen molar-refractivity contribution in [3.63, 3.8) is 0 Å². The number of hydrogen-bond acceptors (Lipinski definition) is 5. The van der Waals surface area contributed by atoms with E-state index in [1.54, 1.807) is 7.05 Å². The molecular formula is C15H23F3N4OS2. The lowest BCUT2D eigenvalue weighted by atomic mass is 9.99. The minimum Gasteiger partial charge on any atom is -0.381 e. The van der Waals surface area contributed by atoms with Crippen LogP contribution >= 0.6 is 23.1 Å². The largest absolute Gasteiger partial charge is 0.434 e. The molecule has 1 saturated heterocycles. The third-order valence-corrected chi connectivity index (χ3v) is 6.44. The van der Waals surface area contributed by atoms with E-state index >= 15 is 0 Å². The first kappa shape index (κ1) is 20.3. The highest BCUT2D eigenvalue weighted by atomic mass is 32.2. The summed E-state index contributed by atoms with van der Waals surface area (Å²) >= 11 is 2.86. The van der Waals surface area contributed by atoms with Crippen LogP contribution in [0.3, 0.4) is 0 Å². The topological polar surface area (TPSA) is 58.5 Å². The van der Waals surface area contributed by atoms with Gasteiger partial charge < -0.3 is 15.4 Å². The molecule has 10 heteroatoms. The normalized spacial score (nSPS) is 18.2. The Morgan fingerprint density at radius 1 is 1.40 bits per heavy atom. The third-order valence-electron chi connectivity index (χ3n) is 4.11. The molecular weight excluding hydrogens is 373 g/mol. The second kappa shape index (κ2) is 9.09. The molecule has 0 radical (unpaired) electrons. The minimum absolute atomic E-state index is 0.132. The Morgan fingerprint density at radius 3 is 2.68 bits per heavy atom. The monoisotopic (exact) mass is 396 g/mol. The number of aromatic nitrogens is 1. The van der Waals surface area contributed by atoms with E-state index in [2.05, 4.69) is 26.9 Å². The van der Waals surface area contributed by atoms with Crippen LogP contribution in [-0.2, 0) is 17.3 Å². The molecule has 1 fully saturated rings. The second-order valence-corrected chi connectivity index (χ2v) is 7.94. The number of nitrogens with one attached hydrogen (secondary N) is 2. The molecule has 0 bridgehead atoms. The number of guanidine groups is 1. The third kappa shape index (κ3) is 6.03. The van der Waals surface area contributed by atoms with Crippen molar-refractivity contribution in [1.82, 2.24) is 15.6 Å². The van der Waals surface area contributed by atoms with Gasteiger partial charge in [-0.25, -0.2) is 4.98 Å². The van der Waals surface area contributed by atoms with Gasteiger partial charge in [0.05, 0.1) is 5.01 Å². The molecule has 0 aliphatic carbocycles. The van der Waals surface area contributed by atoms with Crippen LogP contribution in [0.2, 0.25) is 0 Å². The van der Waals surface area contributed by atoms with E-state index in [4.69, 9.17) is 4.74 Å². The van der Waals surface area contributed by atoms with Crippen molar-refractivity contribution in [1.29, 1.82) is 0 Å². The summed E-state index contributed by atoms with van der Waals surface area (Å²) in [5, 5.41) is 7.95. The van der Waals surface area contributed by atoms with Gasteiger partial charge in [0.15, 0.2) is 11.7 Å². The van der Waals surface area contributed by atoms with Gasteiger partial charge in [0, 0.05) is 49.9 Å². The molecule has 0 aromatic carbocycles. The van der Waals surface area contributed by atoms with Crippen molar-refractivity contribution in [2.45, 2.75) is 30.2 Å². The van der Waals surface area contributed by atoms with Crippen LogP contribution < -0.4 is 10.6 Å². The Kier molecular flexibility index (Phi) is 7.38. The first-order chi connectivity index (χ1) is 11.9. The van der Waals surface area contributed by atoms with E-state index in [-0.39, 0.29) is 4.75 Å². The fourth-order valence-electron chi connectivity index (χ4n) is 2.51. The average molecular weight is 397 g/mol. The molecule has 1 aliphatic rings. The number of ether oxygens (including phenoxy) is 1. The van der Waals surface area contributed by atoms with Crippen LogP contribution in [0.4, 0.5) is 13.2 Å². The first-order valence-corrected chi connectivity index (χ1v) is 10.1. The summed E-state index contributed by atoms with van der Waals surface area (Å²) < 4.78 is 43.2. The number of rotatable bonds is 6. The predicted octanol–water partition coefficient (Wildman–Crippen LogP) is 2.78. The van der Waals surface area contributed by atoms with Crippen molar-refractivity contribution in [3.8, 4) is 0 Å². The average Bonchev–Trinajstić information content (AvgIpc) is 3.08. The van der Waals surface area contributed by atoms with Gasteiger partial charge in [-0.1, -0.05) is 0 Å². The van der Waals surface area contributed by atoms with E-state index < -0.39 is 11.9 Å². The van der Waals surface area contributed by atoms with Crippen molar-refractivity contribution in [3.05, 3.63) is 16.1 Å². The zero-order valence-electron chi connectivity index (χ0n) is 14.3. The van der Waals surface area contributed by atoms with Crippen LogP contribution in [0.25, 0.3) is 0 Å². The molecule has 0 amide bonds. The number of hydrogen-bond donors (Lipinski definition) is 2. The van der Waals surface area contributed by atoms with Gasteiger partial charge >= 0.3 is 6.18 Å². The van der Waals surface area contributed by atoms with E-state index in [1.807, 2.05) is 11.8 Å². The van der Waals surface area contributed by atoms with E-state index in [9.17, 15) is 13.2 Å². The summed E-state index contributed by atoms with van der Waals surface area (Å²) in [6, 6.07) is 0. The minimum atomic E-state index is -4.38. The molecule has 5 nitrogen and oxygen atoms in total. The van der Waals surface area contributed by atoms with Gasteiger partial charge in [0.25, 0.3) is 0 Å². The highest BCUT2D eigenvalue weighted by Gasteiger charge is 2.34. The van der Waals surface area contributed by atoms with Gasteiger partial charge in [-0.3, -0.25) is 4.99 Å². The number of thiazole rings is 1. The van der Waals surface area contributed by atoms with Gasteiger partial charge in [0.1, 0.15) is 0 Å². The van der Waals surface area contributed by atoms with E-state index in [0.717, 1.165) is 49.3 Å². The van der Waals surface area contributed by atoms with Crippen LogP contribution in [0.1, 0.15) is 23.5 Å². The maximum Gasteiger partial charge on any atom is 0.434 e. The lowest BCUT2D eigenvalue weighted by molar-refractivity contribution is -0.140. The lowest BCUT2D eigenvalue weighted by Gasteiger charge is -2.36. The molecule has 0 saturated carbocycles. The summed E-state index contributed by atoms with van der Waals surface area (Å²) in [4.78, 5) is 7.79. The smallest absolute Gasteiger partial charge is 0.381 e. The zero-order valence-corrected chi connectivity index (χ0v) is 15.9. The van der Waals surface area contributed by atoms with Crippen LogP contribution in [0.5, 0.6) is 0 Å². The molecule has 0 spiro atoms.